The van der Waals surface area contributed by atoms with Gasteiger partial charge in [0.1, 0.15) is 0 Å². The van der Waals surface area contributed by atoms with Gasteiger partial charge in [-0.05, 0) is 31.0 Å². The Morgan fingerprint density at radius 2 is 2.15 bits per heavy atom. The number of hydrogen-bond acceptors (Lipinski definition) is 2. The number of ketones is 1. The molecule has 0 fully saturated rings. The summed E-state index contributed by atoms with van der Waals surface area (Å²) in [6, 6.07) is 4.87. The molecule has 1 atom stereocenters. The van der Waals surface area contributed by atoms with Crippen molar-refractivity contribution in [3.05, 3.63) is 34.3 Å². The highest BCUT2D eigenvalue weighted by atomic mass is 35.5. The molecule has 70 valence electrons. The number of carbonyl (C=O) groups excluding carboxylic acids is 1. The summed E-state index contributed by atoms with van der Waals surface area (Å²) in [6.45, 7) is 3.38. The zero-order chi connectivity index (χ0) is 10.0. The molecule has 0 aliphatic carbocycles. The maximum absolute atomic E-state index is 11.0. The summed E-state index contributed by atoms with van der Waals surface area (Å²) in [4.78, 5) is 11.0. The van der Waals surface area contributed by atoms with E-state index < -0.39 is 6.04 Å². The van der Waals surface area contributed by atoms with Crippen molar-refractivity contribution < 1.29 is 4.79 Å². The lowest BCUT2D eigenvalue weighted by molar-refractivity contribution is -0.118. The number of halogens is 1. The molecule has 0 aliphatic rings. The first-order valence-electron chi connectivity index (χ1n) is 4.04. The molecular weight excluding hydrogens is 186 g/mol. The van der Waals surface area contributed by atoms with E-state index in [2.05, 4.69) is 0 Å². The maximum Gasteiger partial charge on any atom is 0.150 e. The summed E-state index contributed by atoms with van der Waals surface area (Å²) < 4.78 is 0. The van der Waals surface area contributed by atoms with Gasteiger partial charge in [0.2, 0.25) is 0 Å². The molecule has 0 spiro atoms. The molecule has 1 unspecified atom stereocenters. The van der Waals surface area contributed by atoms with Crippen molar-refractivity contribution >= 4 is 17.4 Å². The summed E-state index contributed by atoms with van der Waals surface area (Å²) in [7, 11) is 0. The molecule has 13 heavy (non-hydrogen) atoms. The lowest BCUT2D eigenvalue weighted by Crippen LogP contribution is -2.18. The van der Waals surface area contributed by atoms with Crippen molar-refractivity contribution in [3.63, 3.8) is 0 Å². The molecular formula is C10H12ClNO. The summed E-state index contributed by atoms with van der Waals surface area (Å²) in [5.74, 6) is -0.0556. The number of benzene rings is 1. The highest BCUT2D eigenvalue weighted by Gasteiger charge is 2.11. The monoisotopic (exact) mass is 197 g/mol. The van der Waals surface area contributed by atoms with Crippen LogP contribution >= 0.6 is 11.6 Å². The molecule has 0 heterocycles. The van der Waals surface area contributed by atoms with Crippen LogP contribution in [0.15, 0.2) is 18.2 Å². The van der Waals surface area contributed by atoms with Gasteiger partial charge in [0.05, 0.1) is 6.04 Å². The summed E-state index contributed by atoms with van der Waals surface area (Å²) in [5.41, 5.74) is 7.40. The van der Waals surface area contributed by atoms with Crippen LogP contribution in [0.1, 0.15) is 24.1 Å². The molecule has 0 aliphatic heterocycles. The number of carbonyl (C=O) groups is 1. The molecule has 0 saturated heterocycles. The smallest absolute Gasteiger partial charge is 0.150 e. The fraction of sp³-hybridized carbons (Fsp3) is 0.300. The number of hydrogen-bond donors (Lipinski definition) is 1. The van der Waals surface area contributed by atoms with E-state index in [0.717, 1.165) is 11.1 Å². The summed E-state index contributed by atoms with van der Waals surface area (Å²) in [5, 5.41) is 0.647. The van der Waals surface area contributed by atoms with Crippen LogP contribution in [0.5, 0.6) is 0 Å². The quantitative estimate of drug-likeness (QED) is 0.790. The molecule has 1 aromatic rings. The third-order valence-electron chi connectivity index (χ3n) is 1.99. The number of nitrogens with two attached hydrogens (primary N) is 1. The highest BCUT2D eigenvalue weighted by Crippen LogP contribution is 2.20. The van der Waals surface area contributed by atoms with Gasteiger partial charge < -0.3 is 5.73 Å². The number of aryl methyl sites for hydroxylation is 1. The minimum absolute atomic E-state index is 0.0556. The second-order valence-electron chi connectivity index (χ2n) is 3.10. The van der Waals surface area contributed by atoms with Crippen molar-refractivity contribution in [1.29, 1.82) is 0 Å². The first-order valence-corrected chi connectivity index (χ1v) is 4.42. The van der Waals surface area contributed by atoms with Gasteiger partial charge in [-0.3, -0.25) is 4.79 Å². The number of Topliss-reactive ketones (excluding diaryl/α,β-unsaturated/α-hetero) is 1. The summed E-state index contributed by atoms with van der Waals surface area (Å²) in [6.07, 6.45) is 0. The van der Waals surface area contributed by atoms with E-state index in [1.54, 1.807) is 6.07 Å². The molecule has 0 aromatic heterocycles. The molecule has 1 aromatic carbocycles. The standard InChI is InChI=1S/C10H12ClNO/c1-6-3-4-8(5-9(6)11)10(12)7(2)13/h3-5,10H,12H2,1-2H3. The predicted molar refractivity (Wildman–Crippen MR) is 53.8 cm³/mol. The SMILES string of the molecule is CC(=O)C(N)c1ccc(C)c(Cl)c1. The van der Waals surface area contributed by atoms with Crippen LogP contribution in [0.4, 0.5) is 0 Å². The molecule has 2 N–H and O–H groups in total. The Bertz CT molecular complexity index is 336. The van der Waals surface area contributed by atoms with Gasteiger partial charge >= 0.3 is 0 Å². The normalized spacial score (nSPS) is 12.6. The Balaban J connectivity index is 3.03. The molecule has 2 nitrogen and oxygen atoms in total. The van der Waals surface area contributed by atoms with Gasteiger partial charge in [-0.2, -0.15) is 0 Å². The van der Waals surface area contributed by atoms with Crippen LogP contribution in [-0.2, 0) is 4.79 Å². The average molecular weight is 198 g/mol. The molecule has 3 heteroatoms. The van der Waals surface area contributed by atoms with Gasteiger partial charge in [-0.1, -0.05) is 23.7 Å². The lowest BCUT2D eigenvalue weighted by Gasteiger charge is -2.09. The van der Waals surface area contributed by atoms with E-state index in [4.69, 9.17) is 17.3 Å². The predicted octanol–water partition coefficient (Wildman–Crippen LogP) is 2.24. The third-order valence-corrected chi connectivity index (χ3v) is 2.40. The first-order chi connectivity index (χ1) is 6.02. The molecule has 1 rings (SSSR count). The fourth-order valence-electron chi connectivity index (χ4n) is 1.04. The van der Waals surface area contributed by atoms with E-state index in [0.29, 0.717) is 5.02 Å². The largest absolute Gasteiger partial charge is 0.318 e. The van der Waals surface area contributed by atoms with Crippen molar-refractivity contribution in [1.82, 2.24) is 0 Å². The van der Waals surface area contributed by atoms with Crippen molar-refractivity contribution in [2.75, 3.05) is 0 Å². The zero-order valence-electron chi connectivity index (χ0n) is 7.67. The lowest BCUT2D eigenvalue weighted by atomic mass is 10.0. The molecule has 0 amide bonds. The van der Waals surface area contributed by atoms with Crippen molar-refractivity contribution in [2.45, 2.75) is 19.9 Å². The Hall–Kier alpha value is -0.860. The van der Waals surface area contributed by atoms with Gasteiger partial charge in [0.25, 0.3) is 0 Å². The number of rotatable bonds is 2. The van der Waals surface area contributed by atoms with Crippen LogP contribution in [0.25, 0.3) is 0 Å². The van der Waals surface area contributed by atoms with E-state index in [9.17, 15) is 4.79 Å². The Labute approximate surface area is 82.7 Å². The van der Waals surface area contributed by atoms with E-state index in [1.807, 2.05) is 19.1 Å². The first kappa shape index (κ1) is 10.2. The van der Waals surface area contributed by atoms with Crippen LogP contribution in [0.2, 0.25) is 5.02 Å². The third kappa shape index (κ3) is 2.29. The van der Waals surface area contributed by atoms with Crippen LogP contribution < -0.4 is 5.73 Å². The van der Waals surface area contributed by atoms with Gasteiger partial charge in [-0.15, -0.1) is 0 Å². The minimum atomic E-state index is -0.557. The van der Waals surface area contributed by atoms with E-state index >= 15 is 0 Å². The van der Waals surface area contributed by atoms with Gasteiger partial charge in [0, 0.05) is 5.02 Å². The molecule has 0 radical (unpaired) electrons. The Morgan fingerprint density at radius 3 is 2.62 bits per heavy atom. The summed E-state index contributed by atoms with van der Waals surface area (Å²) >= 11 is 5.90. The minimum Gasteiger partial charge on any atom is -0.318 e. The van der Waals surface area contributed by atoms with E-state index in [1.165, 1.54) is 6.92 Å². The van der Waals surface area contributed by atoms with Crippen LogP contribution in [-0.4, -0.2) is 5.78 Å². The second-order valence-corrected chi connectivity index (χ2v) is 3.50. The fourth-order valence-corrected chi connectivity index (χ4v) is 1.23. The topological polar surface area (TPSA) is 43.1 Å². The average Bonchev–Trinajstić information content (AvgIpc) is 2.08. The Kier molecular flexibility index (Phi) is 3.07. The van der Waals surface area contributed by atoms with Gasteiger partial charge in [-0.25, -0.2) is 0 Å². The molecule has 0 bridgehead atoms. The Morgan fingerprint density at radius 1 is 1.54 bits per heavy atom. The maximum atomic E-state index is 11.0. The van der Waals surface area contributed by atoms with Crippen molar-refractivity contribution in [2.24, 2.45) is 5.73 Å². The van der Waals surface area contributed by atoms with Gasteiger partial charge in [0.15, 0.2) is 5.78 Å². The van der Waals surface area contributed by atoms with Crippen molar-refractivity contribution in [3.8, 4) is 0 Å². The molecule has 0 saturated carbocycles. The zero-order valence-corrected chi connectivity index (χ0v) is 8.43. The second kappa shape index (κ2) is 3.90. The van der Waals surface area contributed by atoms with Crippen LogP contribution in [0.3, 0.4) is 0 Å². The van der Waals surface area contributed by atoms with E-state index in [-0.39, 0.29) is 5.78 Å². The van der Waals surface area contributed by atoms with Crippen LogP contribution in [0, 0.1) is 6.92 Å². The highest BCUT2D eigenvalue weighted by molar-refractivity contribution is 6.31.